The van der Waals surface area contributed by atoms with E-state index in [2.05, 4.69) is 15.0 Å². The average molecular weight is 285 g/mol. The lowest BCUT2D eigenvalue weighted by molar-refractivity contribution is -0.206. The zero-order valence-corrected chi connectivity index (χ0v) is 10.1. The Balaban J connectivity index is 2.06. The standard InChI is InChI=1S/C10H12FN5O4/c11-10(1-17)6(19)5(18)9(20-10)16-3-15-4-7(12)13-2-14-8(4)16/h2-3,5-6,9,17-19H,1H2,(H2,12,13,14)/t5?,6?,9?,10-/m1/s1. The number of nitrogens with two attached hydrogens (primary N) is 1. The first-order valence-electron chi connectivity index (χ1n) is 5.74. The van der Waals surface area contributed by atoms with Gasteiger partial charge in [-0.1, -0.05) is 0 Å². The number of hydrogen-bond acceptors (Lipinski definition) is 8. The molecule has 0 spiro atoms. The van der Waals surface area contributed by atoms with Gasteiger partial charge in [0.15, 0.2) is 17.7 Å². The van der Waals surface area contributed by atoms with Crippen LogP contribution in [-0.4, -0.2) is 59.5 Å². The second-order valence-electron chi connectivity index (χ2n) is 4.47. The second kappa shape index (κ2) is 4.31. The van der Waals surface area contributed by atoms with Crippen molar-refractivity contribution in [1.29, 1.82) is 0 Å². The van der Waals surface area contributed by atoms with E-state index in [4.69, 9.17) is 15.6 Å². The summed E-state index contributed by atoms with van der Waals surface area (Å²) >= 11 is 0. The first-order valence-corrected chi connectivity index (χ1v) is 5.74. The zero-order valence-electron chi connectivity index (χ0n) is 10.1. The predicted octanol–water partition coefficient (Wildman–Crippen LogP) is -1.68. The van der Waals surface area contributed by atoms with Crippen molar-refractivity contribution in [3.05, 3.63) is 12.7 Å². The largest absolute Gasteiger partial charge is 0.390 e. The molecule has 0 radical (unpaired) electrons. The summed E-state index contributed by atoms with van der Waals surface area (Å²) in [4.78, 5) is 11.6. The fourth-order valence-electron chi connectivity index (χ4n) is 2.16. The van der Waals surface area contributed by atoms with Gasteiger partial charge in [-0.15, -0.1) is 0 Å². The molecule has 0 saturated carbocycles. The molecular formula is C10H12FN5O4. The predicted molar refractivity (Wildman–Crippen MR) is 62.8 cm³/mol. The number of aliphatic hydroxyl groups is 3. The highest BCUT2D eigenvalue weighted by Gasteiger charge is 2.55. The van der Waals surface area contributed by atoms with Crippen LogP contribution in [0.1, 0.15) is 6.23 Å². The van der Waals surface area contributed by atoms with Gasteiger partial charge in [0.05, 0.1) is 6.33 Å². The normalized spacial score (nSPS) is 33.9. The molecule has 1 aliphatic rings. The Morgan fingerprint density at radius 3 is 2.80 bits per heavy atom. The molecule has 108 valence electrons. The number of hydrogen-bond donors (Lipinski definition) is 4. The van der Waals surface area contributed by atoms with Crippen molar-refractivity contribution in [2.24, 2.45) is 0 Å². The molecule has 1 aliphatic heterocycles. The van der Waals surface area contributed by atoms with Gasteiger partial charge in [-0.25, -0.2) is 19.3 Å². The van der Waals surface area contributed by atoms with Gasteiger partial charge in [0.1, 0.15) is 30.7 Å². The number of fused-ring (bicyclic) bond motifs is 1. The fourth-order valence-corrected chi connectivity index (χ4v) is 2.16. The molecule has 1 saturated heterocycles. The highest BCUT2D eigenvalue weighted by Crippen LogP contribution is 2.39. The molecule has 3 rings (SSSR count). The first kappa shape index (κ1) is 13.1. The molecule has 2 aromatic heterocycles. The third-order valence-electron chi connectivity index (χ3n) is 3.25. The Morgan fingerprint density at radius 2 is 2.15 bits per heavy atom. The second-order valence-corrected chi connectivity index (χ2v) is 4.47. The number of alkyl halides is 1. The maximum atomic E-state index is 14.0. The van der Waals surface area contributed by atoms with Crippen LogP contribution in [0.3, 0.4) is 0 Å². The van der Waals surface area contributed by atoms with E-state index in [-0.39, 0.29) is 17.0 Å². The van der Waals surface area contributed by atoms with Crippen LogP contribution in [0.25, 0.3) is 11.2 Å². The molecule has 0 aromatic carbocycles. The van der Waals surface area contributed by atoms with E-state index < -0.39 is 30.9 Å². The van der Waals surface area contributed by atoms with E-state index >= 15 is 0 Å². The molecule has 20 heavy (non-hydrogen) atoms. The fraction of sp³-hybridized carbons (Fsp3) is 0.500. The molecule has 2 aromatic rings. The lowest BCUT2D eigenvalue weighted by atomic mass is 10.1. The van der Waals surface area contributed by atoms with Gasteiger partial charge >= 0.3 is 0 Å². The maximum Gasteiger partial charge on any atom is 0.263 e. The van der Waals surface area contributed by atoms with Crippen molar-refractivity contribution in [3.63, 3.8) is 0 Å². The minimum atomic E-state index is -2.75. The van der Waals surface area contributed by atoms with Gasteiger partial charge in [0.25, 0.3) is 5.85 Å². The smallest absolute Gasteiger partial charge is 0.263 e. The van der Waals surface area contributed by atoms with Crippen molar-refractivity contribution in [2.75, 3.05) is 12.3 Å². The summed E-state index contributed by atoms with van der Waals surface area (Å²) in [5.41, 5.74) is 6.10. The summed E-state index contributed by atoms with van der Waals surface area (Å²) in [6.45, 7) is -1.09. The number of anilines is 1. The molecule has 5 N–H and O–H groups in total. The summed E-state index contributed by atoms with van der Waals surface area (Å²) in [6, 6.07) is 0. The number of nitrogens with zero attached hydrogens (tertiary/aromatic N) is 4. The SMILES string of the molecule is Nc1ncnc2c1ncn2C1O[C@](F)(CO)C(O)C1O. The lowest BCUT2D eigenvalue weighted by Gasteiger charge is -2.19. The Bertz CT molecular complexity index is 652. The highest BCUT2D eigenvalue weighted by atomic mass is 19.2. The van der Waals surface area contributed by atoms with Gasteiger partial charge in [-0.05, 0) is 0 Å². The molecule has 10 heteroatoms. The van der Waals surface area contributed by atoms with Crippen LogP contribution in [0.4, 0.5) is 10.2 Å². The van der Waals surface area contributed by atoms with Crippen molar-refractivity contribution in [3.8, 4) is 0 Å². The van der Waals surface area contributed by atoms with E-state index in [9.17, 15) is 14.6 Å². The summed E-state index contributed by atoms with van der Waals surface area (Å²) in [7, 11) is 0. The van der Waals surface area contributed by atoms with Crippen molar-refractivity contribution in [1.82, 2.24) is 19.5 Å². The Labute approximate surface area is 111 Å². The van der Waals surface area contributed by atoms with Gasteiger partial charge in [0.2, 0.25) is 0 Å². The number of aromatic nitrogens is 4. The molecular weight excluding hydrogens is 273 g/mol. The van der Waals surface area contributed by atoms with E-state index in [1.807, 2.05) is 0 Å². The average Bonchev–Trinajstić information content (AvgIpc) is 2.96. The van der Waals surface area contributed by atoms with Gasteiger partial charge < -0.3 is 25.8 Å². The van der Waals surface area contributed by atoms with Crippen molar-refractivity contribution in [2.45, 2.75) is 24.3 Å². The van der Waals surface area contributed by atoms with E-state index in [1.54, 1.807) is 0 Å². The van der Waals surface area contributed by atoms with Crippen molar-refractivity contribution >= 4 is 17.0 Å². The minimum absolute atomic E-state index is 0.121. The Morgan fingerprint density at radius 1 is 1.40 bits per heavy atom. The number of nitrogen functional groups attached to an aromatic ring is 1. The number of aliphatic hydroxyl groups excluding tert-OH is 3. The van der Waals surface area contributed by atoms with Gasteiger partial charge in [-0.2, -0.15) is 0 Å². The summed E-state index contributed by atoms with van der Waals surface area (Å²) in [5, 5.41) is 28.4. The van der Waals surface area contributed by atoms with Crippen LogP contribution in [0.5, 0.6) is 0 Å². The van der Waals surface area contributed by atoms with Gasteiger partial charge in [0, 0.05) is 0 Å². The van der Waals surface area contributed by atoms with Crippen molar-refractivity contribution < 1.29 is 24.4 Å². The Hall–Kier alpha value is -1.88. The summed E-state index contributed by atoms with van der Waals surface area (Å²) in [6.07, 6.45) is -2.36. The topological polar surface area (TPSA) is 140 Å². The number of rotatable bonds is 2. The zero-order chi connectivity index (χ0) is 14.5. The maximum absolute atomic E-state index is 14.0. The van der Waals surface area contributed by atoms with Crippen LogP contribution in [0.15, 0.2) is 12.7 Å². The monoisotopic (exact) mass is 285 g/mol. The summed E-state index contributed by atoms with van der Waals surface area (Å²) < 4.78 is 20.2. The highest BCUT2D eigenvalue weighted by molar-refractivity contribution is 5.81. The lowest BCUT2D eigenvalue weighted by Crippen LogP contribution is -2.42. The van der Waals surface area contributed by atoms with Gasteiger partial charge in [-0.3, -0.25) is 4.57 Å². The summed E-state index contributed by atoms with van der Waals surface area (Å²) in [5.74, 6) is -2.63. The van der Waals surface area contributed by atoms with Crippen LogP contribution in [0, 0.1) is 0 Å². The Kier molecular flexibility index (Phi) is 2.83. The molecule has 3 heterocycles. The molecule has 0 aliphatic carbocycles. The number of ether oxygens (including phenoxy) is 1. The molecule has 9 nitrogen and oxygen atoms in total. The number of imidazole rings is 1. The first-order chi connectivity index (χ1) is 9.48. The molecule has 4 atom stereocenters. The van der Waals surface area contributed by atoms with Crippen LogP contribution >= 0.6 is 0 Å². The molecule has 1 fully saturated rings. The van der Waals surface area contributed by atoms with Crippen LogP contribution in [0.2, 0.25) is 0 Å². The third kappa shape index (κ3) is 1.66. The number of halogens is 1. The van der Waals surface area contributed by atoms with Crippen LogP contribution < -0.4 is 5.73 Å². The van der Waals surface area contributed by atoms with E-state index in [0.29, 0.717) is 0 Å². The minimum Gasteiger partial charge on any atom is -0.390 e. The molecule has 0 bridgehead atoms. The third-order valence-corrected chi connectivity index (χ3v) is 3.25. The molecule has 0 amide bonds. The van der Waals surface area contributed by atoms with Crippen LogP contribution in [-0.2, 0) is 4.74 Å². The molecule has 3 unspecified atom stereocenters. The quantitative estimate of drug-likeness (QED) is 0.513. The van der Waals surface area contributed by atoms with E-state index in [0.717, 1.165) is 0 Å². The van der Waals surface area contributed by atoms with E-state index in [1.165, 1.54) is 17.2 Å².